The van der Waals surface area contributed by atoms with Crippen molar-refractivity contribution in [2.75, 3.05) is 19.0 Å². The second-order valence-electron chi connectivity index (χ2n) is 18.8. The third kappa shape index (κ3) is 9.80. The van der Waals surface area contributed by atoms with Gasteiger partial charge >= 0.3 is 12.1 Å². The molecule has 0 saturated carbocycles. The van der Waals surface area contributed by atoms with Crippen molar-refractivity contribution in [3.05, 3.63) is 76.9 Å². The third-order valence-electron chi connectivity index (χ3n) is 14.2. The highest BCUT2D eigenvalue weighted by Gasteiger charge is 2.60. The van der Waals surface area contributed by atoms with E-state index in [1.165, 1.54) is 0 Å². The monoisotopic (exact) mass is 863 g/mol. The molecular formula is C49H69NO12. The van der Waals surface area contributed by atoms with Crippen LogP contribution in [0.2, 0.25) is 0 Å². The second-order valence-corrected chi connectivity index (χ2v) is 18.8. The molecule has 2 bridgehead atoms. The van der Waals surface area contributed by atoms with Crippen LogP contribution in [-0.2, 0) is 42.7 Å². The van der Waals surface area contributed by atoms with Gasteiger partial charge in [0.05, 0.1) is 31.0 Å². The van der Waals surface area contributed by atoms with Crippen LogP contribution < -0.4 is 5.32 Å². The Hall–Kier alpha value is -3.40. The zero-order valence-electron chi connectivity index (χ0n) is 37.9. The van der Waals surface area contributed by atoms with Crippen LogP contribution in [-0.4, -0.2) is 109 Å². The van der Waals surface area contributed by atoms with Crippen molar-refractivity contribution in [2.45, 2.75) is 173 Å². The number of esters is 1. The summed E-state index contributed by atoms with van der Waals surface area (Å²) >= 11 is 0. The second kappa shape index (κ2) is 19.4. The Balaban J connectivity index is 1.17. The van der Waals surface area contributed by atoms with Gasteiger partial charge < -0.3 is 48.1 Å². The van der Waals surface area contributed by atoms with E-state index in [2.05, 4.69) is 39.1 Å². The molecule has 7 rings (SSSR count). The fraction of sp³-hybridized carbons (Fsp3) is 0.673. The molecule has 1 amide bonds. The van der Waals surface area contributed by atoms with Gasteiger partial charge in [-0.3, -0.25) is 10.1 Å². The highest BCUT2D eigenvalue weighted by Crippen LogP contribution is 2.48. The summed E-state index contributed by atoms with van der Waals surface area (Å²) in [6.45, 7) is 16.3. The number of fused-ring (bicyclic) bond motifs is 2. The third-order valence-corrected chi connectivity index (χ3v) is 14.2. The first-order valence-corrected chi connectivity index (χ1v) is 22.7. The fourth-order valence-electron chi connectivity index (χ4n) is 10.4. The predicted octanol–water partition coefficient (Wildman–Crippen LogP) is 7.63. The Morgan fingerprint density at radius 1 is 1.08 bits per heavy atom. The van der Waals surface area contributed by atoms with E-state index in [1.807, 2.05) is 51.1 Å². The van der Waals surface area contributed by atoms with Crippen LogP contribution in [0.1, 0.15) is 99.0 Å². The first-order valence-electron chi connectivity index (χ1n) is 22.7. The van der Waals surface area contributed by atoms with E-state index in [4.69, 9.17) is 37.9 Å². The van der Waals surface area contributed by atoms with Gasteiger partial charge in [0.2, 0.25) is 0 Å². The van der Waals surface area contributed by atoms with Gasteiger partial charge in [0.25, 0.3) is 0 Å². The maximum absolute atomic E-state index is 14.4. The average molecular weight is 864 g/mol. The molecule has 3 N–H and O–H groups in total. The van der Waals surface area contributed by atoms with Gasteiger partial charge in [0.1, 0.15) is 35.9 Å². The molecule has 1 aromatic rings. The summed E-state index contributed by atoms with van der Waals surface area (Å²) in [5.74, 6) is -2.15. The lowest BCUT2D eigenvalue weighted by Crippen LogP contribution is -2.58. The number of methoxy groups -OCH3 is 1. The number of amides is 1. The van der Waals surface area contributed by atoms with Gasteiger partial charge in [-0.1, -0.05) is 76.6 Å². The summed E-state index contributed by atoms with van der Waals surface area (Å²) in [5, 5.41) is 26.5. The van der Waals surface area contributed by atoms with Gasteiger partial charge in [-0.25, -0.2) is 4.79 Å². The summed E-state index contributed by atoms with van der Waals surface area (Å²) in [5.41, 5.74) is 1.78. The van der Waals surface area contributed by atoms with Gasteiger partial charge in [0.15, 0.2) is 18.2 Å². The van der Waals surface area contributed by atoms with Gasteiger partial charge in [-0.05, 0) is 86.8 Å². The number of anilines is 1. The minimum absolute atomic E-state index is 0.0130. The van der Waals surface area contributed by atoms with Crippen molar-refractivity contribution < 1.29 is 57.7 Å². The number of rotatable bonds is 7. The minimum Gasteiger partial charge on any atom is -0.462 e. The van der Waals surface area contributed by atoms with Crippen molar-refractivity contribution in [3.63, 3.8) is 0 Å². The predicted molar refractivity (Wildman–Crippen MR) is 232 cm³/mol. The Kier molecular flexibility index (Phi) is 14.6. The Morgan fingerprint density at radius 2 is 1.87 bits per heavy atom. The number of hydrogen-bond donors (Lipinski definition) is 3. The smallest absolute Gasteiger partial charge is 0.412 e. The van der Waals surface area contributed by atoms with Crippen LogP contribution in [0.25, 0.3) is 0 Å². The minimum atomic E-state index is -1.83. The molecule has 342 valence electrons. The molecule has 4 fully saturated rings. The normalized spacial score (nSPS) is 42.9. The summed E-state index contributed by atoms with van der Waals surface area (Å²) < 4.78 is 51.5. The van der Waals surface area contributed by atoms with E-state index in [-0.39, 0.29) is 24.7 Å². The molecule has 13 heteroatoms. The highest BCUT2D eigenvalue weighted by atomic mass is 16.7. The van der Waals surface area contributed by atoms with Crippen molar-refractivity contribution in [1.82, 2.24) is 0 Å². The number of nitrogens with one attached hydrogen (secondary N) is 1. The van der Waals surface area contributed by atoms with E-state index < -0.39 is 78.4 Å². The zero-order valence-corrected chi connectivity index (χ0v) is 37.9. The molecule has 5 heterocycles. The van der Waals surface area contributed by atoms with Crippen molar-refractivity contribution >= 4 is 17.7 Å². The first kappa shape index (κ1) is 46.6. The Labute approximate surface area is 367 Å². The molecule has 6 aliphatic rings. The van der Waals surface area contributed by atoms with Gasteiger partial charge in [-0.15, -0.1) is 0 Å². The Bertz CT molecular complexity index is 1890. The largest absolute Gasteiger partial charge is 0.462 e. The first-order chi connectivity index (χ1) is 29.5. The number of benzene rings is 1. The quantitative estimate of drug-likeness (QED) is 0.182. The number of hydrogen-bond acceptors (Lipinski definition) is 12. The molecule has 0 radical (unpaired) electrons. The number of aliphatic hydroxyl groups is 2. The highest BCUT2D eigenvalue weighted by molar-refractivity contribution is 5.84. The maximum Gasteiger partial charge on any atom is 0.412 e. The molecule has 4 saturated heterocycles. The SMILES string of the molecule is CCC(C)[C@H]1OC2(CC[C@@H]1C)C[C@@H]1C[C@@H](C/C=C(\C)[C@@H](O[C@H]3C[C@H](OC)[C@@H](OC(=O)Nc4cccc(C)c4)[C@H](C)O3)[C@@H](C)/C=C/C=C3\CO[C@@H]4[C@H](O)C(C)=C[C@@H](C(=O)O1)[C@]34O)O2. The van der Waals surface area contributed by atoms with Crippen LogP contribution >= 0.6 is 0 Å². The van der Waals surface area contributed by atoms with Crippen LogP contribution in [0, 0.1) is 30.6 Å². The van der Waals surface area contributed by atoms with Crippen LogP contribution in [0.5, 0.6) is 0 Å². The van der Waals surface area contributed by atoms with Crippen LogP contribution in [0.15, 0.2) is 71.4 Å². The molecule has 13 nitrogen and oxygen atoms in total. The van der Waals surface area contributed by atoms with E-state index >= 15 is 0 Å². The number of carbonyl (C=O) groups is 2. The van der Waals surface area contributed by atoms with E-state index in [0.717, 1.165) is 24.0 Å². The molecule has 1 spiro atoms. The summed E-state index contributed by atoms with van der Waals surface area (Å²) in [7, 11) is 1.59. The molecule has 62 heavy (non-hydrogen) atoms. The van der Waals surface area contributed by atoms with Crippen LogP contribution in [0.3, 0.4) is 0 Å². The van der Waals surface area contributed by atoms with Crippen molar-refractivity contribution in [3.8, 4) is 0 Å². The van der Waals surface area contributed by atoms with Crippen molar-refractivity contribution in [1.29, 1.82) is 0 Å². The summed E-state index contributed by atoms with van der Waals surface area (Å²) in [6, 6.07) is 7.49. The number of ether oxygens (including phenoxy) is 8. The number of aryl methyl sites for hydroxylation is 1. The maximum atomic E-state index is 14.4. The lowest BCUT2D eigenvalue weighted by molar-refractivity contribution is -0.340. The van der Waals surface area contributed by atoms with E-state index in [1.54, 1.807) is 32.3 Å². The van der Waals surface area contributed by atoms with E-state index in [0.29, 0.717) is 60.8 Å². The Morgan fingerprint density at radius 3 is 2.61 bits per heavy atom. The van der Waals surface area contributed by atoms with Gasteiger partial charge in [0, 0.05) is 44.4 Å². The zero-order chi connectivity index (χ0) is 44.5. The molecular weight excluding hydrogens is 795 g/mol. The van der Waals surface area contributed by atoms with Crippen molar-refractivity contribution in [2.24, 2.45) is 23.7 Å². The van der Waals surface area contributed by atoms with E-state index in [9.17, 15) is 19.8 Å². The fourth-order valence-corrected chi connectivity index (χ4v) is 10.4. The molecule has 16 atom stereocenters. The lowest BCUT2D eigenvalue weighted by Gasteiger charge is -2.51. The molecule has 1 aromatic carbocycles. The molecule has 5 aliphatic heterocycles. The summed E-state index contributed by atoms with van der Waals surface area (Å²) in [4.78, 5) is 27.4. The number of aliphatic hydroxyl groups excluding tert-OH is 1. The lowest BCUT2D eigenvalue weighted by atomic mass is 9.71. The molecule has 1 aliphatic carbocycles. The van der Waals surface area contributed by atoms with Crippen LogP contribution in [0.4, 0.5) is 10.5 Å². The topological polar surface area (TPSA) is 160 Å². The summed E-state index contributed by atoms with van der Waals surface area (Å²) in [6.07, 6.45) is 7.00. The average Bonchev–Trinajstić information content (AvgIpc) is 3.57. The molecule has 2 unspecified atom stereocenters. The molecule has 0 aromatic heterocycles. The number of allylic oxidation sites excluding steroid dienone is 2. The van der Waals surface area contributed by atoms with Gasteiger partial charge in [-0.2, -0.15) is 0 Å². The number of carbonyl (C=O) groups excluding carboxylic acids is 2. The standard InChI is InChI=1S/C49H69NO12/c1-10-28(3)43-31(6)19-20-48(62-43)25-37-23-36(61-48)18-17-30(5)42(29(4)14-12-15-34-26-56-45-41(51)32(7)22-38(46(52)58-37)49(34,45)54)59-40-24-39(55-9)44(33(8)57-40)60-47(53)50-35-16-11-13-27(2)21-35/h11-17,21-22,28-29,31,33,36-45,51,54H,10,18-20,23-26H2,1-9H3,(H,50,53)/b14-12+,30-17+,34-15+/t28?,29-,31-,33-,36+,37-,38-,39-,40-,41+,42-,43+,44-,45+,48?,49+/m0/s1.